The van der Waals surface area contributed by atoms with Gasteiger partial charge in [0.1, 0.15) is 0 Å². The molecule has 0 aromatic heterocycles. The first-order chi connectivity index (χ1) is 12.8. The second-order valence-electron chi connectivity index (χ2n) is 6.79. The van der Waals surface area contributed by atoms with Crippen LogP contribution in [0.25, 0.3) is 0 Å². The summed E-state index contributed by atoms with van der Waals surface area (Å²) in [6, 6.07) is 0. The van der Waals surface area contributed by atoms with Crippen LogP contribution in [0.4, 0.5) is 0 Å². The number of carbonyl (C=O) groups is 1. The van der Waals surface area contributed by atoms with Gasteiger partial charge in [0.15, 0.2) is 0 Å². The molecule has 0 fully saturated rings. The van der Waals surface area contributed by atoms with Crippen LogP contribution in [0.1, 0.15) is 96.8 Å². The van der Waals surface area contributed by atoms with Crippen molar-refractivity contribution in [1.29, 1.82) is 0 Å². The molecule has 0 spiro atoms. The van der Waals surface area contributed by atoms with E-state index in [2.05, 4.69) is 55.5 Å². The topological polar surface area (TPSA) is 37.3 Å². The third-order valence-electron chi connectivity index (χ3n) is 4.22. The maximum Gasteiger partial charge on any atom is 0.303 e. The van der Waals surface area contributed by atoms with E-state index in [9.17, 15) is 4.79 Å². The van der Waals surface area contributed by atoms with E-state index in [-0.39, 0.29) is 0 Å². The van der Waals surface area contributed by atoms with Crippen molar-refractivity contribution >= 4 is 5.97 Å². The summed E-state index contributed by atoms with van der Waals surface area (Å²) in [6.07, 6.45) is 33.2. The van der Waals surface area contributed by atoms with Gasteiger partial charge in [0.25, 0.3) is 0 Å². The zero-order chi connectivity index (χ0) is 19.1. The fourth-order valence-corrected chi connectivity index (χ4v) is 2.63. The standard InChI is InChI=1S/C24H40O2/c1-2-3-4-5-6-7-8-9-10-11-12-13-14-15-16-17-18-19-20-21-22-23-24(25)26/h8-9,11-12,14-15,17-18H,2-7,10,13,16,19-23H2,1H3,(H,25,26)/b9-8-,12-11-,15-14-,18-17-. The molecule has 0 aliphatic heterocycles. The van der Waals surface area contributed by atoms with Crippen molar-refractivity contribution in [2.45, 2.75) is 96.8 Å². The molecule has 0 aromatic rings. The van der Waals surface area contributed by atoms with Crippen molar-refractivity contribution in [3.05, 3.63) is 48.6 Å². The lowest BCUT2D eigenvalue weighted by Crippen LogP contribution is -1.93. The van der Waals surface area contributed by atoms with Gasteiger partial charge in [-0.25, -0.2) is 0 Å². The van der Waals surface area contributed by atoms with Crippen LogP contribution >= 0.6 is 0 Å². The van der Waals surface area contributed by atoms with Gasteiger partial charge in [0.2, 0.25) is 0 Å². The van der Waals surface area contributed by atoms with E-state index in [0.29, 0.717) is 6.42 Å². The number of hydrogen-bond donors (Lipinski definition) is 1. The summed E-state index contributed by atoms with van der Waals surface area (Å²) < 4.78 is 0. The molecule has 0 saturated heterocycles. The predicted octanol–water partition coefficient (Wildman–Crippen LogP) is 7.78. The molecule has 0 aliphatic carbocycles. The highest BCUT2D eigenvalue weighted by Crippen LogP contribution is 2.06. The van der Waals surface area contributed by atoms with Crippen molar-refractivity contribution in [3.8, 4) is 0 Å². The van der Waals surface area contributed by atoms with Crippen molar-refractivity contribution < 1.29 is 9.90 Å². The molecular weight excluding hydrogens is 320 g/mol. The Morgan fingerprint density at radius 2 is 1.04 bits per heavy atom. The van der Waals surface area contributed by atoms with Crippen LogP contribution in [-0.2, 0) is 4.79 Å². The Kier molecular flexibility index (Phi) is 20.2. The highest BCUT2D eigenvalue weighted by molar-refractivity contribution is 5.66. The first-order valence-electron chi connectivity index (χ1n) is 10.6. The SMILES string of the molecule is CCCCCCC/C=C\C/C=C\C/C=C\C/C=C\CCCCCC(=O)O. The largest absolute Gasteiger partial charge is 0.481 e. The molecule has 0 amide bonds. The summed E-state index contributed by atoms with van der Waals surface area (Å²) >= 11 is 0. The number of hydrogen-bond acceptors (Lipinski definition) is 1. The lowest BCUT2D eigenvalue weighted by atomic mass is 10.1. The number of allylic oxidation sites excluding steroid dienone is 8. The quantitative estimate of drug-likeness (QED) is 0.200. The van der Waals surface area contributed by atoms with Gasteiger partial charge in [0.05, 0.1) is 0 Å². The molecule has 0 bridgehead atoms. The van der Waals surface area contributed by atoms with Gasteiger partial charge in [-0.1, -0.05) is 87.6 Å². The second kappa shape index (κ2) is 21.5. The van der Waals surface area contributed by atoms with E-state index >= 15 is 0 Å². The minimum Gasteiger partial charge on any atom is -0.481 e. The number of carboxylic acid groups (broad SMARTS) is 1. The van der Waals surface area contributed by atoms with E-state index in [1.807, 2.05) is 0 Å². The van der Waals surface area contributed by atoms with Crippen LogP contribution < -0.4 is 0 Å². The molecule has 2 nitrogen and oxygen atoms in total. The smallest absolute Gasteiger partial charge is 0.303 e. The molecule has 2 heteroatoms. The van der Waals surface area contributed by atoms with Crippen molar-refractivity contribution in [3.63, 3.8) is 0 Å². The fourth-order valence-electron chi connectivity index (χ4n) is 2.63. The summed E-state index contributed by atoms with van der Waals surface area (Å²) in [5.74, 6) is -0.687. The van der Waals surface area contributed by atoms with Gasteiger partial charge >= 0.3 is 5.97 Å². The van der Waals surface area contributed by atoms with Gasteiger partial charge in [-0.05, 0) is 51.4 Å². The Morgan fingerprint density at radius 3 is 1.50 bits per heavy atom. The van der Waals surface area contributed by atoms with Crippen molar-refractivity contribution in [2.24, 2.45) is 0 Å². The first kappa shape index (κ1) is 24.4. The second-order valence-corrected chi connectivity index (χ2v) is 6.79. The number of aliphatic carboxylic acids is 1. The van der Waals surface area contributed by atoms with Crippen LogP contribution in [0.3, 0.4) is 0 Å². The molecular formula is C24H40O2. The molecule has 0 saturated carbocycles. The molecule has 0 aliphatic rings. The van der Waals surface area contributed by atoms with E-state index in [4.69, 9.17) is 5.11 Å². The van der Waals surface area contributed by atoms with Crippen LogP contribution in [0.5, 0.6) is 0 Å². The third-order valence-corrected chi connectivity index (χ3v) is 4.22. The Hall–Kier alpha value is -1.57. The fraction of sp³-hybridized carbons (Fsp3) is 0.625. The Balaban J connectivity index is 3.37. The van der Waals surface area contributed by atoms with Gasteiger partial charge in [0, 0.05) is 6.42 Å². The number of carboxylic acids is 1. The summed E-state index contributed by atoms with van der Waals surface area (Å²) in [6.45, 7) is 2.26. The molecule has 0 radical (unpaired) electrons. The number of unbranched alkanes of at least 4 members (excludes halogenated alkanes) is 8. The Bertz CT molecular complexity index is 416. The van der Waals surface area contributed by atoms with Crippen LogP contribution in [-0.4, -0.2) is 11.1 Å². The van der Waals surface area contributed by atoms with E-state index in [0.717, 1.165) is 44.9 Å². The van der Waals surface area contributed by atoms with Crippen LogP contribution in [0.15, 0.2) is 48.6 Å². The Labute approximate surface area is 161 Å². The maximum absolute atomic E-state index is 10.4. The average molecular weight is 361 g/mol. The Morgan fingerprint density at radius 1 is 0.615 bits per heavy atom. The molecule has 1 N–H and O–H groups in total. The lowest BCUT2D eigenvalue weighted by molar-refractivity contribution is -0.137. The number of rotatable bonds is 18. The van der Waals surface area contributed by atoms with Gasteiger partial charge in [-0.3, -0.25) is 4.79 Å². The van der Waals surface area contributed by atoms with Crippen molar-refractivity contribution in [1.82, 2.24) is 0 Å². The highest BCUT2D eigenvalue weighted by Gasteiger charge is 1.94. The summed E-state index contributed by atoms with van der Waals surface area (Å²) in [5, 5.41) is 8.54. The molecule has 0 rings (SSSR count). The average Bonchev–Trinajstić information content (AvgIpc) is 2.62. The van der Waals surface area contributed by atoms with Gasteiger partial charge < -0.3 is 5.11 Å². The first-order valence-corrected chi connectivity index (χ1v) is 10.6. The van der Waals surface area contributed by atoms with E-state index in [1.54, 1.807) is 0 Å². The minimum absolute atomic E-state index is 0.300. The monoisotopic (exact) mass is 360 g/mol. The van der Waals surface area contributed by atoms with Crippen molar-refractivity contribution in [2.75, 3.05) is 0 Å². The zero-order valence-electron chi connectivity index (χ0n) is 16.9. The molecule has 0 heterocycles. The maximum atomic E-state index is 10.4. The minimum atomic E-state index is -0.687. The van der Waals surface area contributed by atoms with E-state index < -0.39 is 5.97 Å². The molecule has 0 atom stereocenters. The molecule has 0 aromatic carbocycles. The summed E-state index contributed by atoms with van der Waals surface area (Å²) in [4.78, 5) is 10.4. The lowest BCUT2D eigenvalue weighted by Gasteiger charge is -1.95. The van der Waals surface area contributed by atoms with Gasteiger partial charge in [-0.2, -0.15) is 0 Å². The van der Waals surface area contributed by atoms with Crippen LogP contribution in [0.2, 0.25) is 0 Å². The summed E-state index contributed by atoms with van der Waals surface area (Å²) in [5.41, 5.74) is 0. The van der Waals surface area contributed by atoms with E-state index in [1.165, 1.54) is 38.5 Å². The predicted molar refractivity (Wildman–Crippen MR) is 115 cm³/mol. The summed E-state index contributed by atoms with van der Waals surface area (Å²) in [7, 11) is 0. The highest BCUT2D eigenvalue weighted by atomic mass is 16.4. The third kappa shape index (κ3) is 22.4. The molecule has 0 unspecified atom stereocenters. The molecule has 26 heavy (non-hydrogen) atoms. The molecule has 148 valence electrons. The zero-order valence-corrected chi connectivity index (χ0v) is 16.9. The van der Waals surface area contributed by atoms with Gasteiger partial charge in [-0.15, -0.1) is 0 Å². The van der Waals surface area contributed by atoms with Crippen LogP contribution in [0, 0.1) is 0 Å². The normalized spacial score (nSPS) is 12.3.